The number of nitrogens with zero attached hydrogens (tertiary/aromatic N) is 1. The monoisotopic (exact) mass is 294 g/mol. The highest BCUT2D eigenvalue weighted by atomic mass is 35.5. The molecule has 0 aliphatic carbocycles. The Morgan fingerprint density at radius 3 is 2.80 bits per heavy atom. The van der Waals surface area contributed by atoms with E-state index in [2.05, 4.69) is 49.2 Å². The largest absolute Gasteiger partial charge is 0.369 e. The van der Waals surface area contributed by atoms with Gasteiger partial charge in [0.2, 0.25) is 0 Å². The highest BCUT2D eigenvalue weighted by Gasteiger charge is 2.21. The molecule has 2 atom stereocenters. The molecule has 0 amide bonds. The number of anilines is 1. The molecule has 20 heavy (non-hydrogen) atoms. The van der Waals surface area contributed by atoms with Crippen molar-refractivity contribution in [3.05, 3.63) is 28.8 Å². The Morgan fingerprint density at radius 2 is 2.15 bits per heavy atom. The van der Waals surface area contributed by atoms with Crippen LogP contribution >= 0.6 is 11.6 Å². The van der Waals surface area contributed by atoms with Crippen LogP contribution in [0.4, 0.5) is 5.69 Å². The van der Waals surface area contributed by atoms with E-state index in [1.807, 2.05) is 0 Å². The van der Waals surface area contributed by atoms with E-state index in [1.165, 1.54) is 36.9 Å². The van der Waals surface area contributed by atoms with Crippen molar-refractivity contribution in [1.29, 1.82) is 0 Å². The number of rotatable bonds is 5. The fourth-order valence-electron chi connectivity index (χ4n) is 3.23. The van der Waals surface area contributed by atoms with E-state index < -0.39 is 0 Å². The van der Waals surface area contributed by atoms with Gasteiger partial charge in [0.1, 0.15) is 0 Å². The number of hydrogen-bond donors (Lipinski definition) is 1. The smallest absolute Gasteiger partial charge is 0.0474 e. The standard InChI is InChI=1S/C17H27ClN2/c1-4-14-8-6-7-11-20(14)15-9-10-16(17(18)12-15)13(3)19-5-2/h9-10,12-14,19H,4-8,11H2,1-3H3. The van der Waals surface area contributed by atoms with E-state index in [4.69, 9.17) is 11.6 Å². The minimum atomic E-state index is 0.310. The zero-order valence-corrected chi connectivity index (χ0v) is 13.7. The fraction of sp³-hybridized carbons (Fsp3) is 0.647. The minimum Gasteiger partial charge on any atom is -0.369 e. The molecule has 1 aromatic rings. The average molecular weight is 295 g/mol. The van der Waals surface area contributed by atoms with Gasteiger partial charge in [0.25, 0.3) is 0 Å². The third-order valence-electron chi connectivity index (χ3n) is 4.39. The first kappa shape index (κ1) is 15.7. The first-order valence-corrected chi connectivity index (χ1v) is 8.34. The zero-order chi connectivity index (χ0) is 14.5. The fourth-order valence-corrected chi connectivity index (χ4v) is 3.57. The van der Waals surface area contributed by atoms with Crippen molar-refractivity contribution < 1.29 is 0 Å². The Morgan fingerprint density at radius 1 is 1.35 bits per heavy atom. The highest BCUT2D eigenvalue weighted by molar-refractivity contribution is 6.31. The number of piperidine rings is 1. The van der Waals surface area contributed by atoms with Gasteiger partial charge in [0.15, 0.2) is 0 Å². The molecule has 0 radical (unpaired) electrons. The molecular weight excluding hydrogens is 268 g/mol. The lowest BCUT2D eigenvalue weighted by Gasteiger charge is -2.37. The van der Waals surface area contributed by atoms with Crippen molar-refractivity contribution in [2.24, 2.45) is 0 Å². The molecule has 0 aromatic heterocycles. The summed E-state index contributed by atoms with van der Waals surface area (Å²) in [6, 6.07) is 7.57. The predicted octanol–water partition coefficient (Wildman–Crippen LogP) is 4.78. The van der Waals surface area contributed by atoms with Crippen LogP contribution in [0.2, 0.25) is 5.02 Å². The normalized spacial score (nSPS) is 21.0. The molecule has 1 saturated heterocycles. The SMILES string of the molecule is CCNC(C)c1ccc(N2CCCCC2CC)cc1Cl. The Labute approximate surface area is 128 Å². The summed E-state index contributed by atoms with van der Waals surface area (Å²) in [6.07, 6.45) is 5.18. The Kier molecular flexibility index (Phi) is 5.74. The molecule has 0 spiro atoms. The second-order valence-corrected chi connectivity index (χ2v) is 6.14. The van der Waals surface area contributed by atoms with Gasteiger partial charge in [-0.05, 0) is 56.8 Å². The molecule has 1 heterocycles. The average Bonchev–Trinajstić information content (AvgIpc) is 2.47. The first-order chi connectivity index (χ1) is 9.67. The second-order valence-electron chi connectivity index (χ2n) is 5.74. The van der Waals surface area contributed by atoms with E-state index in [0.717, 1.165) is 18.1 Å². The summed E-state index contributed by atoms with van der Waals surface area (Å²) < 4.78 is 0. The summed E-state index contributed by atoms with van der Waals surface area (Å²) in [4.78, 5) is 2.54. The topological polar surface area (TPSA) is 15.3 Å². The van der Waals surface area contributed by atoms with Gasteiger partial charge in [-0.3, -0.25) is 0 Å². The molecule has 2 nitrogen and oxygen atoms in total. The molecule has 112 valence electrons. The molecule has 3 heteroatoms. The molecule has 0 bridgehead atoms. The van der Waals surface area contributed by atoms with E-state index in [0.29, 0.717) is 12.1 Å². The van der Waals surface area contributed by atoms with Gasteiger partial charge in [0, 0.05) is 29.3 Å². The van der Waals surface area contributed by atoms with Crippen molar-refractivity contribution >= 4 is 17.3 Å². The highest BCUT2D eigenvalue weighted by Crippen LogP contribution is 2.32. The Balaban J connectivity index is 2.19. The van der Waals surface area contributed by atoms with E-state index in [1.54, 1.807) is 0 Å². The first-order valence-electron chi connectivity index (χ1n) is 7.96. The van der Waals surface area contributed by atoms with Gasteiger partial charge >= 0.3 is 0 Å². The lowest BCUT2D eigenvalue weighted by molar-refractivity contribution is 0.450. The van der Waals surface area contributed by atoms with Crippen molar-refractivity contribution in [3.8, 4) is 0 Å². The zero-order valence-electron chi connectivity index (χ0n) is 13.0. The quantitative estimate of drug-likeness (QED) is 0.841. The van der Waals surface area contributed by atoms with Crippen LogP contribution in [0.5, 0.6) is 0 Å². The van der Waals surface area contributed by atoms with Crippen molar-refractivity contribution in [1.82, 2.24) is 5.32 Å². The number of nitrogens with one attached hydrogen (secondary N) is 1. The van der Waals surface area contributed by atoms with Crippen LogP contribution in [-0.4, -0.2) is 19.1 Å². The van der Waals surface area contributed by atoms with E-state index in [-0.39, 0.29) is 0 Å². The summed E-state index contributed by atoms with van der Waals surface area (Å²) in [5, 5.41) is 4.31. The Bertz CT molecular complexity index is 433. The Hall–Kier alpha value is -0.730. The van der Waals surface area contributed by atoms with E-state index in [9.17, 15) is 0 Å². The molecule has 2 rings (SSSR count). The summed E-state index contributed by atoms with van der Waals surface area (Å²) in [5.74, 6) is 0. The number of halogens is 1. The number of benzene rings is 1. The lowest BCUT2D eigenvalue weighted by Crippen LogP contribution is -2.39. The van der Waals surface area contributed by atoms with Crippen molar-refractivity contribution in [3.63, 3.8) is 0 Å². The predicted molar refractivity (Wildman–Crippen MR) is 88.8 cm³/mol. The maximum atomic E-state index is 6.50. The van der Waals surface area contributed by atoms with E-state index >= 15 is 0 Å². The molecule has 2 unspecified atom stereocenters. The van der Waals surface area contributed by atoms with Crippen LogP contribution in [0.15, 0.2) is 18.2 Å². The van der Waals surface area contributed by atoms with Crippen molar-refractivity contribution in [2.45, 2.75) is 58.5 Å². The summed E-state index contributed by atoms with van der Waals surface area (Å²) in [5.41, 5.74) is 2.48. The van der Waals surface area contributed by atoms with Gasteiger partial charge in [-0.2, -0.15) is 0 Å². The van der Waals surface area contributed by atoms with Crippen LogP contribution in [0.1, 0.15) is 58.1 Å². The minimum absolute atomic E-state index is 0.310. The molecule has 1 aromatic carbocycles. The summed E-state index contributed by atoms with van der Waals surface area (Å²) in [7, 11) is 0. The van der Waals surface area contributed by atoms with Crippen LogP contribution in [0.25, 0.3) is 0 Å². The van der Waals surface area contributed by atoms with Crippen molar-refractivity contribution in [2.75, 3.05) is 18.0 Å². The molecule has 1 aliphatic rings. The lowest BCUT2D eigenvalue weighted by atomic mass is 9.98. The third kappa shape index (κ3) is 3.48. The molecule has 1 N–H and O–H groups in total. The maximum Gasteiger partial charge on any atom is 0.0474 e. The second kappa shape index (κ2) is 7.33. The maximum absolute atomic E-state index is 6.50. The van der Waals surface area contributed by atoms with Gasteiger partial charge in [-0.1, -0.05) is 31.5 Å². The van der Waals surface area contributed by atoms with Gasteiger partial charge < -0.3 is 10.2 Å². The third-order valence-corrected chi connectivity index (χ3v) is 4.72. The van der Waals surface area contributed by atoms with Crippen LogP contribution < -0.4 is 10.2 Å². The van der Waals surface area contributed by atoms with Gasteiger partial charge in [-0.25, -0.2) is 0 Å². The van der Waals surface area contributed by atoms with Gasteiger partial charge in [0.05, 0.1) is 0 Å². The molecule has 1 aliphatic heterocycles. The van der Waals surface area contributed by atoms with Gasteiger partial charge in [-0.15, -0.1) is 0 Å². The summed E-state index contributed by atoms with van der Waals surface area (Å²) >= 11 is 6.50. The molecule has 1 fully saturated rings. The molecular formula is C17H27ClN2. The van der Waals surface area contributed by atoms with Crippen LogP contribution in [0.3, 0.4) is 0 Å². The van der Waals surface area contributed by atoms with Crippen LogP contribution in [0, 0.1) is 0 Å². The summed E-state index contributed by atoms with van der Waals surface area (Å²) in [6.45, 7) is 8.70. The number of hydrogen-bond acceptors (Lipinski definition) is 2. The molecule has 0 saturated carbocycles. The van der Waals surface area contributed by atoms with Crippen LogP contribution in [-0.2, 0) is 0 Å².